The Morgan fingerprint density at radius 1 is 1.30 bits per heavy atom. The third-order valence-corrected chi connectivity index (χ3v) is 4.35. The van der Waals surface area contributed by atoms with Crippen LogP contribution >= 0.6 is 15.9 Å². The molecule has 0 saturated heterocycles. The van der Waals surface area contributed by atoms with Crippen LogP contribution in [-0.4, -0.2) is 30.4 Å². The molecule has 0 saturated carbocycles. The van der Waals surface area contributed by atoms with Crippen LogP contribution in [0.5, 0.6) is 0 Å². The van der Waals surface area contributed by atoms with Crippen molar-refractivity contribution in [1.82, 2.24) is 4.90 Å². The summed E-state index contributed by atoms with van der Waals surface area (Å²) >= 11 is 3.38. The molecule has 23 heavy (non-hydrogen) atoms. The van der Waals surface area contributed by atoms with Crippen LogP contribution in [0.25, 0.3) is 6.08 Å². The number of benzene rings is 1. The lowest BCUT2D eigenvalue weighted by molar-refractivity contribution is -0.136. The molecule has 4 nitrogen and oxygen atoms in total. The second-order valence-corrected chi connectivity index (χ2v) is 6.29. The number of hydrogen-bond acceptors (Lipinski definition) is 3. The number of halogens is 1. The topological polar surface area (TPSA) is 46.6 Å². The molecule has 122 valence electrons. The van der Waals surface area contributed by atoms with Gasteiger partial charge in [-0.3, -0.25) is 4.79 Å². The number of rotatable bonds is 5. The standard InChI is InChI=1S/C18H20BrNO3/c1-4-5-10-20-12(2)16(18(22)23-3)15(17(20)21)11-13-6-8-14(19)9-7-13/h6-9,11H,4-5,10H2,1-3H3/b15-11-. The van der Waals surface area contributed by atoms with Crippen molar-refractivity contribution in [2.24, 2.45) is 0 Å². The normalized spacial score (nSPS) is 16.4. The molecule has 0 aromatic heterocycles. The molecule has 1 aromatic rings. The van der Waals surface area contributed by atoms with Crippen LogP contribution < -0.4 is 0 Å². The summed E-state index contributed by atoms with van der Waals surface area (Å²) in [6.07, 6.45) is 3.62. The quantitative estimate of drug-likeness (QED) is 0.576. The highest BCUT2D eigenvalue weighted by atomic mass is 79.9. The van der Waals surface area contributed by atoms with Crippen LogP contribution in [0.3, 0.4) is 0 Å². The molecular weight excluding hydrogens is 358 g/mol. The summed E-state index contributed by atoms with van der Waals surface area (Å²) in [5.41, 5.74) is 2.28. The Balaban J connectivity index is 2.45. The minimum absolute atomic E-state index is 0.140. The van der Waals surface area contributed by atoms with Gasteiger partial charge in [-0.25, -0.2) is 4.79 Å². The number of methoxy groups -OCH3 is 1. The van der Waals surface area contributed by atoms with Crippen molar-refractivity contribution in [3.05, 3.63) is 51.1 Å². The summed E-state index contributed by atoms with van der Waals surface area (Å²) in [6.45, 7) is 4.47. The Morgan fingerprint density at radius 3 is 2.52 bits per heavy atom. The zero-order chi connectivity index (χ0) is 17.0. The van der Waals surface area contributed by atoms with E-state index in [1.54, 1.807) is 17.9 Å². The Hall–Kier alpha value is -1.88. The molecular formula is C18H20BrNO3. The molecule has 0 unspecified atom stereocenters. The predicted octanol–water partition coefficient (Wildman–Crippen LogP) is 3.92. The third-order valence-electron chi connectivity index (χ3n) is 3.82. The van der Waals surface area contributed by atoms with Crippen molar-refractivity contribution >= 4 is 33.9 Å². The smallest absolute Gasteiger partial charge is 0.340 e. The van der Waals surface area contributed by atoms with Gasteiger partial charge in [0.25, 0.3) is 5.91 Å². The summed E-state index contributed by atoms with van der Waals surface area (Å²) in [7, 11) is 1.33. The van der Waals surface area contributed by atoms with Gasteiger partial charge in [0.05, 0.1) is 18.3 Å². The van der Waals surface area contributed by atoms with E-state index in [2.05, 4.69) is 22.9 Å². The highest BCUT2D eigenvalue weighted by Crippen LogP contribution is 2.32. The van der Waals surface area contributed by atoms with Crippen molar-refractivity contribution in [3.8, 4) is 0 Å². The maximum atomic E-state index is 12.7. The summed E-state index contributed by atoms with van der Waals surface area (Å²) in [4.78, 5) is 26.5. The summed E-state index contributed by atoms with van der Waals surface area (Å²) < 4.78 is 5.83. The van der Waals surface area contributed by atoms with Crippen molar-refractivity contribution in [1.29, 1.82) is 0 Å². The molecule has 0 fully saturated rings. The average molecular weight is 378 g/mol. The number of amides is 1. The summed E-state index contributed by atoms with van der Waals surface area (Å²) in [6, 6.07) is 7.58. The van der Waals surface area contributed by atoms with Crippen molar-refractivity contribution in [3.63, 3.8) is 0 Å². The lowest BCUT2D eigenvalue weighted by Crippen LogP contribution is -2.26. The van der Waals surface area contributed by atoms with Crippen LogP contribution in [0.2, 0.25) is 0 Å². The number of carbonyl (C=O) groups is 2. The first-order valence-electron chi connectivity index (χ1n) is 7.58. The number of hydrogen-bond donors (Lipinski definition) is 0. The maximum Gasteiger partial charge on any atom is 0.340 e. The predicted molar refractivity (Wildman–Crippen MR) is 93.5 cm³/mol. The lowest BCUT2D eigenvalue weighted by atomic mass is 10.0. The number of unbranched alkanes of at least 4 members (excludes halogenated alkanes) is 1. The molecule has 0 radical (unpaired) electrons. The minimum atomic E-state index is -0.474. The Kier molecular flexibility index (Phi) is 5.77. The van der Waals surface area contributed by atoms with Gasteiger partial charge in [0.2, 0.25) is 0 Å². The Labute approximate surface area is 144 Å². The number of ether oxygens (including phenoxy) is 1. The van der Waals surface area contributed by atoms with Crippen LogP contribution in [0.1, 0.15) is 32.3 Å². The van der Waals surface area contributed by atoms with Crippen LogP contribution in [0.4, 0.5) is 0 Å². The van der Waals surface area contributed by atoms with Gasteiger partial charge in [0, 0.05) is 16.7 Å². The molecule has 0 aliphatic carbocycles. The first-order chi connectivity index (χ1) is 11.0. The first kappa shape index (κ1) is 17.5. The molecule has 0 atom stereocenters. The Bertz CT molecular complexity index is 674. The molecule has 2 rings (SSSR count). The van der Waals surface area contributed by atoms with Gasteiger partial charge in [0.15, 0.2) is 0 Å². The van der Waals surface area contributed by atoms with Gasteiger partial charge in [-0.05, 0) is 37.1 Å². The van der Waals surface area contributed by atoms with E-state index in [9.17, 15) is 9.59 Å². The van der Waals surface area contributed by atoms with Gasteiger partial charge in [-0.1, -0.05) is 41.4 Å². The van der Waals surface area contributed by atoms with Crippen LogP contribution in [0.15, 0.2) is 45.6 Å². The number of allylic oxidation sites excluding steroid dienone is 1. The summed E-state index contributed by atoms with van der Waals surface area (Å²) in [5, 5.41) is 0. The van der Waals surface area contributed by atoms with E-state index in [1.807, 2.05) is 24.3 Å². The van der Waals surface area contributed by atoms with E-state index in [-0.39, 0.29) is 5.91 Å². The highest BCUT2D eigenvalue weighted by molar-refractivity contribution is 9.10. The zero-order valence-corrected chi connectivity index (χ0v) is 15.1. The highest BCUT2D eigenvalue weighted by Gasteiger charge is 2.36. The first-order valence-corrected chi connectivity index (χ1v) is 8.37. The molecule has 1 heterocycles. The lowest BCUT2D eigenvalue weighted by Gasteiger charge is -2.17. The molecule has 0 bridgehead atoms. The fourth-order valence-corrected chi connectivity index (χ4v) is 2.80. The van der Waals surface area contributed by atoms with E-state index in [0.29, 0.717) is 23.4 Å². The van der Waals surface area contributed by atoms with E-state index in [1.165, 1.54) is 7.11 Å². The molecule has 1 aliphatic heterocycles. The Morgan fingerprint density at radius 2 is 1.96 bits per heavy atom. The summed E-state index contributed by atoms with van der Waals surface area (Å²) in [5.74, 6) is -0.613. The molecule has 1 amide bonds. The van der Waals surface area contributed by atoms with Gasteiger partial charge in [-0.15, -0.1) is 0 Å². The maximum absolute atomic E-state index is 12.7. The fraction of sp³-hybridized carbons (Fsp3) is 0.333. The van der Waals surface area contributed by atoms with Gasteiger partial charge in [-0.2, -0.15) is 0 Å². The second-order valence-electron chi connectivity index (χ2n) is 5.37. The minimum Gasteiger partial charge on any atom is -0.465 e. The second kappa shape index (κ2) is 7.59. The van der Waals surface area contributed by atoms with E-state index >= 15 is 0 Å². The van der Waals surface area contributed by atoms with Gasteiger partial charge < -0.3 is 9.64 Å². The molecule has 1 aromatic carbocycles. The van der Waals surface area contributed by atoms with Gasteiger partial charge in [0.1, 0.15) is 0 Å². The molecule has 0 N–H and O–H groups in total. The third kappa shape index (κ3) is 3.72. The molecule has 0 spiro atoms. The zero-order valence-electron chi connectivity index (χ0n) is 13.6. The van der Waals surface area contributed by atoms with E-state index in [4.69, 9.17) is 4.74 Å². The molecule has 5 heteroatoms. The SMILES string of the molecule is CCCCN1C(=O)/C(=C\c2ccc(Br)cc2)C(C(=O)OC)=C1C. The van der Waals surface area contributed by atoms with E-state index in [0.717, 1.165) is 22.9 Å². The molecule has 1 aliphatic rings. The fourth-order valence-electron chi connectivity index (χ4n) is 2.54. The monoisotopic (exact) mass is 377 g/mol. The van der Waals surface area contributed by atoms with Crippen LogP contribution in [0, 0.1) is 0 Å². The number of nitrogens with zero attached hydrogens (tertiary/aromatic N) is 1. The van der Waals surface area contributed by atoms with Crippen molar-refractivity contribution in [2.75, 3.05) is 13.7 Å². The van der Waals surface area contributed by atoms with Crippen LogP contribution in [-0.2, 0) is 14.3 Å². The van der Waals surface area contributed by atoms with Crippen molar-refractivity contribution in [2.45, 2.75) is 26.7 Å². The average Bonchev–Trinajstić information content (AvgIpc) is 2.77. The largest absolute Gasteiger partial charge is 0.465 e. The van der Waals surface area contributed by atoms with Gasteiger partial charge >= 0.3 is 5.97 Å². The van der Waals surface area contributed by atoms with Crippen molar-refractivity contribution < 1.29 is 14.3 Å². The van der Waals surface area contributed by atoms with E-state index < -0.39 is 5.97 Å². The number of esters is 1. The number of carbonyl (C=O) groups excluding carboxylic acids is 2.